The summed E-state index contributed by atoms with van der Waals surface area (Å²) in [5.74, 6) is 0.552. The number of para-hydroxylation sites is 1. The second-order valence-corrected chi connectivity index (χ2v) is 7.98. The Morgan fingerprint density at radius 1 is 1.04 bits per heavy atom. The van der Waals surface area contributed by atoms with Crippen molar-refractivity contribution in [3.8, 4) is 0 Å². The van der Waals surface area contributed by atoms with Crippen molar-refractivity contribution < 1.29 is 14.3 Å². The Balaban J connectivity index is 1.32. The van der Waals surface area contributed by atoms with E-state index in [2.05, 4.69) is 10.2 Å². The van der Waals surface area contributed by atoms with E-state index in [1.807, 2.05) is 28.0 Å². The number of benzene rings is 1. The van der Waals surface area contributed by atoms with E-state index >= 15 is 0 Å². The first-order chi connectivity index (χ1) is 13.6. The predicted molar refractivity (Wildman–Crippen MR) is 109 cm³/mol. The maximum atomic E-state index is 12.7. The van der Waals surface area contributed by atoms with Crippen LogP contribution in [0.25, 0.3) is 0 Å². The minimum absolute atomic E-state index is 0.0476. The summed E-state index contributed by atoms with van der Waals surface area (Å²) < 4.78 is 5.43. The van der Waals surface area contributed by atoms with E-state index in [9.17, 15) is 9.59 Å². The zero-order valence-corrected chi connectivity index (χ0v) is 16.8. The van der Waals surface area contributed by atoms with Crippen LogP contribution in [0.3, 0.4) is 0 Å². The highest BCUT2D eigenvalue weighted by Crippen LogP contribution is 2.34. The van der Waals surface area contributed by atoms with Gasteiger partial charge in [-0.1, -0.05) is 17.7 Å². The molecule has 0 unspecified atom stereocenters. The van der Waals surface area contributed by atoms with Crippen LogP contribution in [0.4, 0.5) is 11.4 Å². The third-order valence-corrected chi connectivity index (χ3v) is 5.92. The SMILES string of the molecule is O=C(CNc1cccc(Cl)c1N1CCOCC1)N1CCN(C(=O)C2CC2)CC1. The smallest absolute Gasteiger partial charge is 0.241 e. The van der Waals surface area contributed by atoms with Crippen LogP contribution in [0.1, 0.15) is 12.8 Å². The van der Waals surface area contributed by atoms with Gasteiger partial charge < -0.3 is 24.8 Å². The van der Waals surface area contributed by atoms with Gasteiger partial charge in [-0.2, -0.15) is 0 Å². The number of ether oxygens (including phenoxy) is 1. The van der Waals surface area contributed by atoms with E-state index < -0.39 is 0 Å². The number of halogens is 1. The first kappa shape index (κ1) is 19.3. The zero-order valence-electron chi connectivity index (χ0n) is 16.0. The topological polar surface area (TPSA) is 65.1 Å². The summed E-state index contributed by atoms with van der Waals surface area (Å²) in [5.41, 5.74) is 1.80. The monoisotopic (exact) mass is 406 g/mol. The molecule has 4 rings (SSSR count). The Bertz CT molecular complexity index is 726. The number of piperazine rings is 1. The first-order valence-corrected chi connectivity index (χ1v) is 10.4. The average Bonchev–Trinajstić information content (AvgIpc) is 3.57. The van der Waals surface area contributed by atoms with Gasteiger partial charge >= 0.3 is 0 Å². The number of rotatable bonds is 5. The lowest BCUT2D eigenvalue weighted by molar-refractivity contribution is -0.139. The van der Waals surface area contributed by atoms with Gasteiger partial charge in [0, 0.05) is 45.2 Å². The van der Waals surface area contributed by atoms with Gasteiger partial charge in [0.2, 0.25) is 11.8 Å². The molecule has 8 heteroatoms. The number of hydrogen-bond acceptors (Lipinski definition) is 5. The molecule has 28 heavy (non-hydrogen) atoms. The number of nitrogens with one attached hydrogen (secondary N) is 1. The Morgan fingerprint density at radius 2 is 1.71 bits per heavy atom. The van der Waals surface area contributed by atoms with Crippen LogP contribution in [-0.4, -0.2) is 80.6 Å². The molecule has 2 aliphatic heterocycles. The lowest BCUT2D eigenvalue weighted by atomic mass is 10.2. The van der Waals surface area contributed by atoms with E-state index in [0.717, 1.165) is 37.3 Å². The molecule has 1 aromatic rings. The Labute approximate surface area is 170 Å². The van der Waals surface area contributed by atoms with E-state index in [-0.39, 0.29) is 24.3 Å². The highest BCUT2D eigenvalue weighted by atomic mass is 35.5. The number of hydrogen-bond donors (Lipinski definition) is 1. The molecule has 1 aromatic carbocycles. The fourth-order valence-electron chi connectivity index (χ4n) is 3.81. The van der Waals surface area contributed by atoms with E-state index in [1.54, 1.807) is 0 Å². The summed E-state index contributed by atoms with van der Waals surface area (Å²) in [5, 5.41) is 3.94. The summed E-state index contributed by atoms with van der Waals surface area (Å²) in [6.45, 7) is 5.60. The molecule has 3 fully saturated rings. The van der Waals surface area contributed by atoms with Crippen molar-refractivity contribution in [2.24, 2.45) is 5.92 Å². The molecule has 1 aliphatic carbocycles. The molecule has 0 bridgehead atoms. The minimum atomic E-state index is 0.0476. The second kappa shape index (κ2) is 8.57. The van der Waals surface area contributed by atoms with Gasteiger partial charge in [-0.3, -0.25) is 9.59 Å². The fourth-order valence-corrected chi connectivity index (χ4v) is 4.11. The highest BCUT2D eigenvalue weighted by Gasteiger charge is 2.35. The zero-order chi connectivity index (χ0) is 19.5. The molecule has 0 atom stereocenters. The van der Waals surface area contributed by atoms with Crippen molar-refractivity contribution in [2.75, 3.05) is 69.2 Å². The number of carbonyl (C=O) groups is 2. The number of morpholine rings is 1. The maximum Gasteiger partial charge on any atom is 0.241 e. The number of nitrogens with zero attached hydrogens (tertiary/aromatic N) is 3. The van der Waals surface area contributed by atoms with Gasteiger partial charge in [0.05, 0.1) is 36.2 Å². The molecule has 7 nitrogen and oxygen atoms in total. The van der Waals surface area contributed by atoms with Crippen LogP contribution in [0, 0.1) is 5.92 Å². The summed E-state index contributed by atoms with van der Waals surface area (Å²) in [4.78, 5) is 30.7. The maximum absolute atomic E-state index is 12.7. The van der Waals surface area contributed by atoms with Crippen molar-refractivity contribution in [2.45, 2.75) is 12.8 Å². The molecular weight excluding hydrogens is 380 g/mol. The van der Waals surface area contributed by atoms with Gasteiger partial charge in [-0.15, -0.1) is 0 Å². The van der Waals surface area contributed by atoms with Crippen molar-refractivity contribution >= 4 is 34.8 Å². The van der Waals surface area contributed by atoms with Crippen LogP contribution < -0.4 is 10.2 Å². The molecule has 0 radical (unpaired) electrons. The van der Waals surface area contributed by atoms with Crippen molar-refractivity contribution in [3.63, 3.8) is 0 Å². The number of anilines is 2. The Hall–Kier alpha value is -1.99. The van der Waals surface area contributed by atoms with E-state index in [1.165, 1.54) is 0 Å². The molecule has 0 aromatic heterocycles. The normalized spacial score (nSPS) is 20.2. The molecule has 2 amide bonds. The van der Waals surface area contributed by atoms with Crippen molar-refractivity contribution in [1.29, 1.82) is 0 Å². The fraction of sp³-hybridized carbons (Fsp3) is 0.600. The summed E-state index contributed by atoms with van der Waals surface area (Å²) in [6, 6.07) is 5.72. The molecule has 152 valence electrons. The van der Waals surface area contributed by atoms with Crippen LogP contribution in [0.5, 0.6) is 0 Å². The molecular formula is C20H27ClN4O3. The minimum Gasteiger partial charge on any atom is -0.378 e. The van der Waals surface area contributed by atoms with Crippen LogP contribution in [-0.2, 0) is 14.3 Å². The molecule has 2 heterocycles. The predicted octanol–water partition coefficient (Wildman–Crippen LogP) is 1.67. The summed E-state index contributed by atoms with van der Waals surface area (Å²) in [6.07, 6.45) is 2.04. The average molecular weight is 407 g/mol. The molecule has 1 N–H and O–H groups in total. The third-order valence-electron chi connectivity index (χ3n) is 5.61. The largest absolute Gasteiger partial charge is 0.378 e. The third kappa shape index (κ3) is 4.36. The standard InChI is InChI=1S/C20H27ClN4O3/c21-16-2-1-3-17(19(16)24-10-12-28-13-11-24)22-14-18(26)23-6-8-25(9-7-23)20(27)15-4-5-15/h1-3,15,22H,4-14H2. The van der Waals surface area contributed by atoms with Gasteiger partial charge in [-0.05, 0) is 25.0 Å². The lowest BCUT2D eigenvalue weighted by Crippen LogP contribution is -2.52. The molecule has 2 saturated heterocycles. The highest BCUT2D eigenvalue weighted by molar-refractivity contribution is 6.34. The van der Waals surface area contributed by atoms with Crippen molar-refractivity contribution in [1.82, 2.24) is 9.80 Å². The Morgan fingerprint density at radius 3 is 2.39 bits per heavy atom. The summed E-state index contributed by atoms with van der Waals surface area (Å²) >= 11 is 6.45. The lowest BCUT2D eigenvalue weighted by Gasteiger charge is -2.35. The molecule has 0 spiro atoms. The molecule has 1 saturated carbocycles. The van der Waals surface area contributed by atoms with E-state index in [4.69, 9.17) is 16.3 Å². The van der Waals surface area contributed by atoms with Crippen LogP contribution >= 0.6 is 11.6 Å². The van der Waals surface area contributed by atoms with Gasteiger partial charge in [0.1, 0.15) is 0 Å². The molecule has 3 aliphatic rings. The van der Waals surface area contributed by atoms with Crippen LogP contribution in [0.2, 0.25) is 5.02 Å². The quantitative estimate of drug-likeness (QED) is 0.805. The first-order valence-electron chi connectivity index (χ1n) is 10.0. The van der Waals surface area contributed by atoms with Crippen molar-refractivity contribution in [3.05, 3.63) is 23.2 Å². The number of carbonyl (C=O) groups excluding carboxylic acids is 2. The van der Waals surface area contributed by atoms with E-state index in [0.29, 0.717) is 44.4 Å². The number of amides is 2. The van der Waals surface area contributed by atoms with Crippen LogP contribution in [0.15, 0.2) is 18.2 Å². The van der Waals surface area contributed by atoms with Gasteiger partial charge in [0.15, 0.2) is 0 Å². The summed E-state index contributed by atoms with van der Waals surface area (Å²) in [7, 11) is 0. The van der Waals surface area contributed by atoms with Gasteiger partial charge in [0.25, 0.3) is 0 Å². The Kier molecular flexibility index (Phi) is 5.92. The van der Waals surface area contributed by atoms with Gasteiger partial charge in [-0.25, -0.2) is 0 Å². The second-order valence-electron chi connectivity index (χ2n) is 7.57.